The van der Waals surface area contributed by atoms with Crippen molar-refractivity contribution in [1.82, 2.24) is 0 Å². The number of aliphatic hydroxyl groups excluding tert-OH is 1. The molecule has 7 nitrogen and oxygen atoms in total. The van der Waals surface area contributed by atoms with Crippen LogP contribution in [0.25, 0.3) is 5.32 Å². The Balaban J connectivity index is 0.000000578. The molecule has 183 valence electrons. The van der Waals surface area contributed by atoms with Gasteiger partial charge in [0, 0.05) is 30.5 Å². The van der Waals surface area contributed by atoms with Crippen LogP contribution in [0.5, 0.6) is 17.2 Å². The Morgan fingerprint density at radius 2 is 1.52 bits per heavy atom. The molecule has 0 atom stereocenters. The van der Waals surface area contributed by atoms with Crippen LogP contribution in [-0.2, 0) is 31.9 Å². The van der Waals surface area contributed by atoms with Gasteiger partial charge in [-0.2, -0.15) is 0 Å². The zero-order valence-electron chi connectivity index (χ0n) is 20.4. The van der Waals surface area contributed by atoms with Crippen molar-refractivity contribution in [3.05, 3.63) is 58.4 Å². The number of benzene rings is 2. The van der Waals surface area contributed by atoms with Crippen LogP contribution in [0, 0.1) is 0 Å². The number of rotatable bonds is 6. The standard InChI is InChI=1S/C14H22O2.C11H15N2O2.O.V/c1-13(2,3)9-7-10(14(4,5)6)12(16)11(15)8-9;14-8-7-12-5-6-13-9-10-3-1-2-4-11(10)15;;/h7-8,15-16H,1-6H3;1-4,9,14-15H,5-8H2;;/q;-1;;. The summed E-state index contributed by atoms with van der Waals surface area (Å²) in [7, 11) is 0. The van der Waals surface area contributed by atoms with Crippen molar-refractivity contribution in [1.29, 1.82) is 0 Å². The summed E-state index contributed by atoms with van der Waals surface area (Å²) in [6.45, 7) is 14.1. The average molecular weight is 497 g/mol. The molecule has 0 saturated carbocycles. The minimum absolute atomic E-state index is 0.000463. The molecule has 2 aromatic rings. The fourth-order valence-electron chi connectivity index (χ4n) is 2.69. The topological polar surface area (TPSA) is 124 Å². The van der Waals surface area contributed by atoms with E-state index in [0.717, 1.165) is 28.5 Å². The third-order valence-electron chi connectivity index (χ3n) is 4.58. The number of phenols is 3. The SMILES string of the molecule is CC(C)(C)c1cc(O)c(O)c(C(C)(C)C)c1.OCC[N-]CCN=Cc1ccccc1O.[O]=[V]. The van der Waals surface area contributed by atoms with Gasteiger partial charge in [-0.3, -0.25) is 4.99 Å². The summed E-state index contributed by atoms with van der Waals surface area (Å²) in [6, 6.07) is 10.7. The van der Waals surface area contributed by atoms with Gasteiger partial charge in [-0.1, -0.05) is 59.7 Å². The first-order valence-electron chi connectivity index (χ1n) is 10.6. The molecule has 0 unspecified atom stereocenters. The second-order valence-corrected chi connectivity index (χ2v) is 9.38. The fraction of sp³-hybridized carbons (Fsp3) is 0.480. The van der Waals surface area contributed by atoms with Gasteiger partial charge in [-0.15, -0.1) is 13.1 Å². The van der Waals surface area contributed by atoms with Gasteiger partial charge in [0.1, 0.15) is 5.75 Å². The predicted octanol–water partition coefficient (Wildman–Crippen LogP) is 4.75. The molecule has 0 spiro atoms. The Labute approximate surface area is 206 Å². The first kappa shape index (κ1) is 30.8. The van der Waals surface area contributed by atoms with Crippen LogP contribution >= 0.6 is 0 Å². The Kier molecular flexibility index (Phi) is 13.9. The van der Waals surface area contributed by atoms with E-state index in [2.05, 4.69) is 31.1 Å². The maximum absolute atomic E-state index is 9.87. The number of hydrogen-bond donors (Lipinski definition) is 4. The normalized spacial score (nSPS) is 11.3. The van der Waals surface area contributed by atoms with E-state index in [4.69, 9.17) is 8.78 Å². The van der Waals surface area contributed by atoms with Gasteiger partial charge in [0.15, 0.2) is 11.5 Å². The number of para-hydroxylation sites is 1. The van der Waals surface area contributed by atoms with Gasteiger partial charge < -0.3 is 25.7 Å². The molecule has 2 aromatic carbocycles. The van der Waals surface area contributed by atoms with E-state index in [-0.39, 0.29) is 34.7 Å². The van der Waals surface area contributed by atoms with Crippen molar-refractivity contribution >= 4 is 6.21 Å². The zero-order chi connectivity index (χ0) is 25.7. The number of aliphatic hydroxyl groups is 1. The Hall–Kier alpha value is -2.19. The van der Waals surface area contributed by atoms with E-state index in [1.165, 1.54) is 0 Å². The summed E-state index contributed by atoms with van der Waals surface area (Å²) in [6.07, 6.45) is 1.63. The van der Waals surface area contributed by atoms with E-state index in [1.54, 1.807) is 30.5 Å². The predicted molar refractivity (Wildman–Crippen MR) is 129 cm³/mol. The number of phenolic OH excluding ortho intramolecular Hbond substituents is 3. The van der Waals surface area contributed by atoms with Crippen LogP contribution in [0.3, 0.4) is 0 Å². The monoisotopic (exact) mass is 496 g/mol. The molecule has 0 bridgehead atoms. The Morgan fingerprint density at radius 1 is 0.909 bits per heavy atom. The summed E-state index contributed by atoms with van der Waals surface area (Å²) >= 11 is 1.06. The molecule has 0 aliphatic carbocycles. The van der Waals surface area contributed by atoms with Crippen molar-refractivity contribution in [2.24, 2.45) is 4.99 Å². The van der Waals surface area contributed by atoms with Gasteiger partial charge >= 0.3 is 21.0 Å². The van der Waals surface area contributed by atoms with Crippen LogP contribution in [-0.4, -0.2) is 52.9 Å². The molecule has 33 heavy (non-hydrogen) atoms. The van der Waals surface area contributed by atoms with Gasteiger partial charge in [0.25, 0.3) is 0 Å². The molecular weight excluding hydrogens is 459 g/mol. The van der Waals surface area contributed by atoms with Crippen LogP contribution in [0.15, 0.2) is 41.4 Å². The van der Waals surface area contributed by atoms with Crippen LogP contribution in [0.4, 0.5) is 0 Å². The summed E-state index contributed by atoms with van der Waals surface area (Å²) in [5, 5.41) is 41.5. The number of aromatic hydroxyl groups is 3. The van der Waals surface area contributed by atoms with Gasteiger partial charge in [0.2, 0.25) is 0 Å². The van der Waals surface area contributed by atoms with Gasteiger partial charge in [-0.25, -0.2) is 0 Å². The molecule has 0 heterocycles. The van der Waals surface area contributed by atoms with Crippen molar-refractivity contribution in [2.75, 3.05) is 26.2 Å². The quantitative estimate of drug-likeness (QED) is 0.261. The molecule has 0 aliphatic rings. The van der Waals surface area contributed by atoms with Gasteiger partial charge in [-0.05, 0) is 34.6 Å². The van der Waals surface area contributed by atoms with Gasteiger partial charge in [0.05, 0.1) is 0 Å². The van der Waals surface area contributed by atoms with E-state index in [9.17, 15) is 15.3 Å². The molecule has 0 fully saturated rings. The first-order valence-corrected chi connectivity index (χ1v) is 11.2. The molecule has 0 saturated heterocycles. The van der Waals surface area contributed by atoms with E-state index < -0.39 is 0 Å². The van der Waals surface area contributed by atoms with Crippen molar-refractivity contribution in [2.45, 2.75) is 52.4 Å². The molecule has 0 radical (unpaired) electrons. The molecule has 0 amide bonds. The van der Waals surface area contributed by atoms with E-state index in [1.807, 2.05) is 32.9 Å². The average Bonchev–Trinajstić information content (AvgIpc) is 2.74. The second-order valence-electron chi connectivity index (χ2n) is 9.38. The molecule has 4 N–H and O–H groups in total. The molecular formula is C25H37N2O5V-. The Morgan fingerprint density at radius 3 is 2.03 bits per heavy atom. The van der Waals surface area contributed by atoms with Crippen molar-refractivity contribution in [3.8, 4) is 17.2 Å². The maximum atomic E-state index is 9.87. The third-order valence-corrected chi connectivity index (χ3v) is 4.58. The molecule has 2 rings (SSSR count). The second kappa shape index (κ2) is 14.9. The van der Waals surface area contributed by atoms with Crippen LogP contribution in [0.1, 0.15) is 58.2 Å². The van der Waals surface area contributed by atoms with E-state index in [0.29, 0.717) is 25.2 Å². The fourth-order valence-corrected chi connectivity index (χ4v) is 2.69. The summed E-state index contributed by atoms with van der Waals surface area (Å²) in [4.78, 5) is 4.11. The first-order chi connectivity index (χ1) is 15.4. The zero-order valence-corrected chi connectivity index (χ0v) is 21.8. The number of hydrogen-bond acceptors (Lipinski definition) is 6. The number of nitrogens with zero attached hydrogens (tertiary/aromatic N) is 2. The summed E-state index contributed by atoms with van der Waals surface area (Å²) < 4.78 is 8.19. The van der Waals surface area contributed by atoms with Crippen LogP contribution < -0.4 is 0 Å². The third kappa shape index (κ3) is 11.5. The van der Waals surface area contributed by atoms with Crippen LogP contribution in [0.2, 0.25) is 0 Å². The Bertz CT molecular complexity index is 874. The molecule has 0 aromatic heterocycles. The summed E-state index contributed by atoms with van der Waals surface area (Å²) in [5.41, 5.74) is 2.32. The molecule has 8 heteroatoms. The number of aliphatic imine (C=N–C) groups is 1. The van der Waals surface area contributed by atoms with E-state index >= 15 is 0 Å². The van der Waals surface area contributed by atoms with Crippen molar-refractivity contribution in [3.63, 3.8) is 0 Å². The molecule has 0 aliphatic heterocycles. The minimum atomic E-state index is -0.178. The summed E-state index contributed by atoms with van der Waals surface area (Å²) in [5.74, 6) is 0.200. The van der Waals surface area contributed by atoms with Crippen molar-refractivity contribution < 1.29 is 41.5 Å².